The molecular weight excluding hydrogens is 298 g/mol. The second kappa shape index (κ2) is 8.95. The lowest BCUT2D eigenvalue weighted by atomic mass is 10.0. The Labute approximate surface area is 125 Å². The first-order chi connectivity index (χ1) is 10.1. The number of aromatic hydroxyl groups is 1. The van der Waals surface area contributed by atoms with E-state index in [0.29, 0.717) is 5.56 Å². The maximum Gasteiger partial charge on any atom is 0.335 e. The van der Waals surface area contributed by atoms with Crippen LogP contribution >= 0.6 is 0 Å². The molecule has 0 saturated heterocycles. The lowest BCUT2D eigenvalue weighted by Crippen LogP contribution is -2.39. The summed E-state index contributed by atoms with van der Waals surface area (Å²) in [5.74, 6) is -3.39. The van der Waals surface area contributed by atoms with E-state index in [1.807, 2.05) is 0 Å². The first kappa shape index (κ1) is 19.8. The first-order valence-electron chi connectivity index (χ1n) is 6.12. The zero-order chi connectivity index (χ0) is 17.4. The van der Waals surface area contributed by atoms with E-state index in [-0.39, 0.29) is 11.8 Å². The average molecular weight is 317 g/mol. The van der Waals surface area contributed by atoms with Crippen molar-refractivity contribution < 1.29 is 40.2 Å². The minimum absolute atomic E-state index is 0.146. The van der Waals surface area contributed by atoms with Gasteiger partial charge in [-0.25, -0.2) is 9.59 Å². The molecule has 0 saturated carbocycles. The first-order valence-corrected chi connectivity index (χ1v) is 6.12. The highest BCUT2D eigenvalue weighted by Gasteiger charge is 2.29. The van der Waals surface area contributed by atoms with Gasteiger partial charge in [0.25, 0.3) is 0 Å². The molecular formula is C13H19NO8. The Balaban J connectivity index is 0.000000409. The van der Waals surface area contributed by atoms with E-state index in [0.717, 1.165) is 0 Å². The maximum absolute atomic E-state index is 9.77. The van der Waals surface area contributed by atoms with Crippen molar-refractivity contribution in [3.8, 4) is 5.75 Å². The number of rotatable bonds is 5. The van der Waals surface area contributed by atoms with Gasteiger partial charge in [0, 0.05) is 6.04 Å². The summed E-state index contributed by atoms with van der Waals surface area (Å²) < 4.78 is 0. The molecule has 0 fully saturated rings. The highest BCUT2D eigenvalue weighted by molar-refractivity contribution is 5.83. The van der Waals surface area contributed by atoms with Crippen molar-refractivity contribution in [1.29, 1.82) is 0 Å². The van der Waals surface area contributed by atoms with Gasteiger partial charge in [-0.15, -0.1) is 0 Å². The fourth-order valence-corrected chi connectivity index (χ4v) is 1.28. The third-order valence-corrected chi connectivity index (χ3v) is 2.51. The standard InChI is InChI=1S/C9H13NO2.C4H6O6/c1-6(10)9(12)7-3-2-4-8(11)5-7;5-1(3(7)8)2(6)4(9)10/h2-6,9,11-12H,10H2,1H3;1-2,5-6H,(H,7,8)(H,9,10)/t6-,9-;1-,2+/m0./s1. The number of aliphatic hydroxyl groups is 3. The third kappa shape index (κ3) is 6.50. The van der Waals surface area contributed by atoms with E-state index in [1.165, 1.54) is 6.07 Å². The number of carboxylic acid groups (broad SMARTS) is 2. The van der Waals surface area contributed by atoms with Crippen molar-refractivity contribution in [3.63, 3.8) is 0 Å². The van der Waals surface area contributed by atoms with E-state index >= 15 is 0 Å². The summed E-state index contributed by atoms with van der Waals surface area (Å²) >= 11 is 0. The topological polar surface area (TPSA) is 182 Å². The number of phenols is 1. The van der Waals surface area contributed by atoms with Crippen LogP contribution in [-0.4, -0.2) is 60.8 Å². The molecule has 0 unspecified atom stereocenters. The molecule has 0 spiro atoms. The van der Waals surface area contributed by atoms with Gasteiger partial charge in [-0.05, 0) is 24.6 Å². The summed E-state index contributed by atoms with van der Waals surface area (Å²) in [5, 5.41) is 51.1. The molecule has 9 nitrogen and oxygen atoms in total. The zero-order valence-corrected chi connectivity index (χ0v) is 11.7. The molecule has 0 bridgehead atoms. The Hall–Kier alpha value is -2.20. The van der Waals surface area contributed by atoms with E-state index in [1.54, 1.807) is 25.1 Å². The second-order valence-corrected chi connectivity index (χ2v) is 4.47. The van der Waals surface area contributed by atoms with Crippen molar-refractivity contribution in [1.82, 2.24) is 0 Å². The van der Waals surface area contributed by atoms with Crippen molar-refractivity contribution in [2.45, 2.75) is 31.3 Å². The Morgan fingerprint density at radius 1 is 1.05 bits per heavy atom. The van der Waals surface area contributed by atoms with E-state index in [9.17, 15) is 14.7 Å². The molecule has 0 aromatic heterocycles. The molecule has 4 atom stereocenters. The van der Waals surface area contributed by atoms with Crippen LogP contribution in [0.4, 0.5) is 0 Å². The van der Waals surface area contributed by atoms with E-state index in [2.05, 4.69) is 0 Å². The Bertz CT molecular complexity index is 487. The maximum atomic E-state index is 9.77. The van der Waals surface area contributed by atoms with Crippen LogP contribution in [0.5, 0.6) is 5.75 Å². The number of aliphatic carboxylic acids is 2. The number of hydrogen-bond acceptors (Lipinski definition) is 7. The molecule has 124 valence electrons. The smallest absolute Gasteiger partial charge is 0.335 e. The van der Waals surface area contributed by atoms with Crippen molar-refractivity contribution in [2.75, 3.05) is 0 Å². The summed E-state index contributed by atoms with van der Waals surface area (Å²) in [7, 11) is 0. The van der Waals surface area contributed by atoms with Gasteiger partial charge in [0.2, 0.25) is 0 Å². The number of hydrogen-bond donors (Lipinski definition) is 7. The molecule has 1 aromatic carbocycles. The summed E-state index contributed by atoms with van der Waals surface area (Å²) in [4.78, 5) is 19.5. The average Bonchev–Trinajstić information content (AvgIpc) is 2.45. The number of carbonyl (C=O) groups is 2. The highest BCUT2D eigenvalue weighted by Crippen LogP contribution is 2.19. The number of benzene rings is 1. The van der Waals surface area contributed by atoms with Gasteiger partial charge >= 0.3 is 11.9 Å². The summed E-state index contributed by atoms with van der Waals surface area (Å²) in [5.41, 5.74) is 6.13. The lowest BCUT2D eigenvalue weighted by molar-refractivity contribution is -0.165. The molecule has 0 heterocycles. The minimum Gasteiger partial charge on any atom is -0.508 e. The zero-order valence-electron chi connectivity index (χ0n) is 11.7. The van der Waals surface area contributed by atoms with Gasteiger partial charge < -0.3 is 36.4 Å². The molecule has 0 aliphatic heterocycles. The van der Waals surface area contributed by atoms with Crippen LogP contribution in [-0.2, 0) is 9.59 Å². The Morgan fingerprint density at radius 3 is 1.82 bits per heavy atom. The number of nitrogens with two attached hydrogens (primary N) is 1. The van der Waals surface area contributed by atoms with Gasteiger partial charge in [-0.2, -0.15) is 0 Å². The molecule has 1 aromatic rings. The minimum atomic E-state index is -2.27. The SMILES string of the molecule is C[C@H](N)[C@H](O)c1cccc(O)c1.O=C(O)[C@@H](O)[C@@H](O)C(=O)O. The predicted molar refractivity (Wildman–Crippen MR) is 74.0 cm³/mol. The van der Waals surface area contributed by atoms with Crippen LogP contribution in [0.25, 0.3) is 0 Å². The molecule has 0 aliphatic rings. The molecule has 8 N–H and O–H groups in total. The van der Waals surface area contributed by atoms with Gasteiger partial charge in [0.15, 0.2) is 12.2 Å². The largest absolute Gasteiger partial charge is 0.508 e. The van der Waals surface area contributed by atoms with Gasteiger partial charge in [0.1, 0.15) is 5.75 Å². The molecule has 0 amide bonds. The van der Waals surface area contributed by atoms with Crippen LogP contribution < -0.4 is 5.73 Å². The summed E-state index contributed by atoms with van der Waals surface area (Å²) in [6.07, 6.45) is -5.24. The molecule has 0 aliphatic carbocycles. The lowest BCUT2D eigenvalue weighted by Gasteiger charge is -2.14. The van der Waals surface area contributed by atoms with Crippen LogP contribution in [0.2, 0.25) is 0 Å². The van der Waals surface area contributed by atoms with Crippen LogP contribution in [0.15, 0.2) is 24.3 Å². The van der Waals surface area contributed by atoms with E-state index < -0.39 is 30.3 Å². The fraction of sp³-hybridized carbons (Fsp3) is 0.385. The van der Waals surface area contributed by atoms with Crippen molar-refractivity contribution >= 4 is 11.9 Å². The predicted octanol–water partition coefficient (Wildman–Crippen LogP) is -1.35. The van der Waals surface area contributed by atoms with Crippen LogP contribution in [0.1, 0.15) is 18.6 Å². The number of carboxylic acids is 2. The number of phenolic OH excluding ortho intramolecular Hbond substituents is 1. The fourth-order valence-electron chi connectivity index (χ4n) is 1.28. The highest BCUT2D eigenvalue weighted by atomic mass is 16.4. The van der Waals surface area contributed by atoms with Crippen molar-refractivity contribution in [2.24, 2.45) is 5.73 Å². The van der Waals surface area contributed by atoms with Gasteiger partial charge in [-0.1, -0.05) is 12.1 Å². The van der Waals surface area contributed by atoms with Gasteiger partial charge in [-0.3, -0.25) is 0 Å². The van der Waals surface area contributed by atoms with Crippen LogP contribution in [0.3, 0.4) is 0 Å². The van der Waals surface area contributed by atoms with E-state index in [4.69, 9.17) is 31.3 Å². The monoisotopic (exact) mass is 317 g/mol. The molecule has 22 heavy (non-hydrogen) atoms. The summed E-state index contributed by atoms with van der Waals surface area (Å²) in [6.45, 7) is 1.72. The number of aliphatic hydroxyl groups excluding tert-OH is 3. The Kier molecular flexibility index (Phi) is 8.05. The molecule has 0 radical (unpaired) electrons. The van der Waals surface area contributed by atoms with Gasteiger partial charge in [0.05, 0.1) is 6.10 Å². The Morgan fingerprint density at radius 2 is 1.50 bits per heavy atom. The normalized spacial score (nSPS) is 15.7. The molecule has 9 heteroatoms. The second-order valence-electron chi connectivity index (χ2n) is 4.47. The quantitative estimate of drug-likeness (QED) is 0.345. The summed E-state index contributed by atoms with van der Waals surface area (Å²) in [6, 6.07) is 6.14. The van der Waals surface area contributed by atoms with Crippen LogP contribution in [0, 0.1) is 0 Å². The van der Waals surface area contributed by atoms with Crippen molar-refractivity contribution in [3.05, 3.63) is 29.8 Å². The third-order valence-electron chi connectivity index (χ3n) is 2.51. The molecule has 1 rings (SSSR count).